The summed E-state index contributed by atoms with van der Waals surface area (Å²) in [6.07, 6.45) is -1.76. The van der Waals surface area contributed by atoms with Crippen LogP contribution in [0.5, 0.6) is 0 Å². The normalized spacial score (nSPS) is 12.0. The Balaban J connectivity index is 3.03. The van der Waals surface area contributed by atoms with Gasteiger partial charge in [-0.15, -0.1) is 4.40 Å². The molecule has 0 aliphatic rings. The standard InChI is InChI=1S/C15H18ClNO7S/c1-4-22-14(18)13(15(19)23-5-2)24-10(3)17-25(20,21)12-8-6-11(16)7-9-12/h6-9,13H,4-5H2,1-3H3. The van der Waals surface area contributed by atoms with Gasteiger partial charge in [-0.05, 0) is 38.1 Å². The second-order valence-corrected chi connectivity index (χ2v) is 6.58. The molecule has 0 fully saturated rings. The monoisotopic (exact) mass is 391 g/mol. The Morgan fingerprint density at radius 3 is 2.00 bits per heavy atom. The highest BCUT2D eigenvalue weighted by molar-refractivity contribution is 7.90. The van der Waals surface area contributed by atoms with E-state index in [-0.39, 0.29) is 18.1 Å². The summed E-state index contributed by atoms with van der Waals surface area (Å²) < 4.78 is 42.3. The molecule has 25 heavy (non-hydrogen) atoms. The van der Waals surface area contributed by atoms with Crippen LogP contribution in [0.25, 0.3) is 0 Å². The summed E-state index contributed by atoms with van der Waals surface area (Å²) >= 11 is 5.71. The van der Waals surface area contributed by atoms with Gasteiger partial charge in [0.25, 0.3) is 16.1 Å². The Kier molecular flexibility index (Phi) is 7.85. The summed E-state index contributed by atoms with van der Waals surface area (Å²) in [5.74, 6) is -2.42. The molecule has 0 heterocycles. The van der Waals surface area contributed by atoms with E-state index in [4.69, 9.17) is 25.8 Å². The molecule has 0 spiro atoms. The fourth-order valence-corrected chi connectivity index (χ4v) is 2.74. The van der Waals surface area contributed by atoms with E-state index < -0.39 is 34.0 Å². The molecule has 138 valence electrons. The highest BCUT2D eigenvalue weighted by atomic mass is 35.5. The van der Waals surface area contributed by atoms with Crippen molar-refractivity contribution in [2.24, 2.45) is 4.40 Å². The maximum atomic E-state index is 12.2. The van der Waals surface area contributed by atoms with Gasteiger partial charge in [0.1, 0.15) is 0 Å². The third kappa shape index (κ3) is 6.35. The molecular weight excluding hydrogens is 374 g/mol. The second-order valence-electron chi connectivity index (χ2n) is 4.54. The molecule has 0 saturated carbocycles. The first kappa shape index (κ1) is 20.9. The lowest BCUT2D eigenvalue weighted by atomic mass is 10.3. The van der Waals surface area contributed by atoms with Crippen LogP contribution in [-0.4, -0.2) is 45.6 Å². The number of carbonyl (C=O) groups excluding carboxylic acids is 2. The first-order chi connectivity index (χ1) is 11.7. The molecule has 0 N–H and O–H groups in total. The number of hydrogen-bond donors (Lipinski definition) is 0. The fourth-order valence-electron chi connectivity index (χ4n) is 1.65. The molecule has 10 heteroatoms. The van der Waals surface area contributed by atoms with E-state index >= 15 is 0 Å². The van der Waals surface area contributed by atoms with Crippen molar-refractivity contribution in [3.05, 3.63) is 29.3 Å². The summed E-state index contributed by atoms with van der Waals surface area (Å²) in [7, 11) is -4.10. The third-order valence-corrected chi connectivity index (χ3v) is 4.27. The molecule has 0 aliphatic carbocycles. The van der Waals surface area contributed by atoms with E-state index in [9.17, 15) is 18.0 Å². The second kappa shape index (κ2) is 9.38. The van der Waals surface area contributed by atoms with Crippen molar-refractivity contribution >= 4 is 39.5 Å². The van der Waals surface area contributed by atoms with Crippen LogP contribution in [0.2, 0.25) is 5.02 Å². The molecule has 0 unspecified atom stereocenters. The smallest absolute Gasteiger partial charge is 0.359 e. The van der Waals surface area contributed by atoms with Gasteiger partial charge in [0.2, 0.25) is 0 Å². The minimum absolute atomic E-state index is 0.0113. The third-order valence-electron chi connectivity index (χ3n) is 2.65. The lowest BCUT2D eigenvalue weighted by Gasteiger charge is -2.15. The summed E-state index contributed by atoms with van der Waals surface area (Å²) in [5, 5.41) is 0.362. The molecule has 0 bridgehead atoms. The van der Waals surface area contributed by atoms with E-state index in [1.54, 1.807) is 13.8 Å². The summed E-state index contributed by atoms with van der Waals surface area (Å²) in [5.41, 5.74) is 0. The minimum atomic E-state index is -4.10. The van der Waals surface area contributed by atoms with E-state index in [0.29, 0.717) is 5.02 Å². The van der Waals surface area contributed by atoms with Crippen LogP contribution in [0.4, 0.5) is 0 Å². The van der Waals surface area contributed by atoms with Crippen molar-refractivity contribution in [2.45, 2.75) is 31.8 Å². The Morgan fingerprint density at radius 2 is 1.56 bits per heavy atom. The number of esters is 2. The van der Waals surface area contributed by atoms with Crippen LogP contribution in [-0.2, 0) is 33.8 Å². The predicted octanol–water partition coefficient (Wildman–Crippen LogP) is 1.96. The van der Waals surface area contributed by atoms with E-state index in [1.807, 2.05) is 0 Å². The van der Waals surface area contributed by atoms with E-state index in [2.05, 4.69) is 4.40 Å². The van der Waals surface area contributed by atoms with Crippen molar-refractivity contribution < 1.29 is 32.2 Å². The van der Waals surface area contributed by atoms with Gasteiger partial charge < -0.3 is 14.2 Å². The largest absolute Gasteiger partial charge is 0.463 e. The average molecular weight is 392 g/mol. The quantitative estimate of drug-likeness (QED) is 0.302. The van der Waals surface area contributed by atoms with Crippen LogP contribution in [0.1, 0.15) is 20.8 Å². The number of sulfonamides is 1. The molecule has 1 rings (SSSR count). The van der Waals surface area contributed by atoms with Crippen molar-refractivity contribution in [3.8, 4) is 0 Å². The van der Waals surface area contributed by atoms with Crippen LogP contribution in [0.15, 0.2) is 33.6 Å². The molecule has 1 aromatic rings. The molecule has 8 nitrogen and oxygen atoms in total. The van der Waals surface area contributed by atoms with Gasteiger partial charge in [0.15, 0.2) is 5.90 Å². The minimum Gasteiger partial charge on any atom is -0.463 e. The van der Waals surface area contributed by atoms with Crippen molar-refractivity contribution in [3.63, 3.8) is 0 Å². The fraction of sp³-hybridized carbons (Fsp3) is 0.400. The number of ether oxygens (including phenoxy) is 3. The highest BCUT2D eigenvalue weighted by Crippen LogP contribution is 2.16. The van der Waals surface area contributed by atoms with Gasteiger partial charge in [0.05, 0.1) is 18.1 Å². The topological polar surface area (TPSA) is 108 Å². The molecule has 1 aromatic carbocycles. The van der Waals surface area contributed by atoms with Gasteiger partial charge in [-0.2, -0.15) is 8.42 Å². The Hall–Kier alpha value is -2.13. The maximum Gasteiger partial charge on any atom is 0.359 e. The Morgan fingerprint density at radius 1 is 1.08 bits per heavy atom. The van der Waals surface area contributed by atoms with Crippen molar-refractivity contribution in [2.75, 3.05) is 13.2 Å². The summed E-state index contributed by atoms with van der Waals surface area (Å²) in [4.78, 5) is 23.5. The number of benzene rings is 1. The van der Waals surface area contributed by atoms with Crippen LogP contribution < -0.4 is 0 Å². The molecule has 0 radical (unpaired) electrons. The van der Waals surface area contributed by atoms with Gasteiger partial charge in [-0.3, -0.25) is 0 Å². The first-order valence-electron chi connectivity index (χ1n) is 7.28. The zero-order valence-corrected chi connectivity index (χ0v) is 15.5. The number of nitrogens with zero attached hydrogens (tertiary/aromatic N) is 1. The number of hydrogen-bond acceptors (Lipinski definition) is 7. The number of halogens is 1. The average Bonchev–Trinajstić information content (AvgIpc) is 2.53. The van der Waals surface area contributed by atoms with Crippen LogP contribution in [0, 0.1) is 0 Å². The highest BCUT2D eigenvalue weighted by Gasteiger charge is 2.32. The summed E-state index contributed by atoms with van der Waals surface area (Å²) in [6.45, 7) is 4.31. The maximum absolute atomic E-state index is 12.2. The van der Waals surface area contributed by atoms with Crippen LogP contribution >= 0.6 is 11.6 Å². The van der Waals surface area contributed by atoms with Gasteiger partial charge in [-0.25, -0.2) is 9.59 Å². The Labute approximate surface area is 150 Å². The number of rotatable bonds is 7. The Bertz CT molecular complexity index is 726. The van der Waals surface area contributed by atoms with Gasteiger partial charge >= 0.3 is 11.9 Å². The zero-order valence-electron chi connectivity index (χ0n) is 13.9. The molecular formula is C15H18ClNO7S. The lowest BCUT2D eigenvalue weighted by Crippen LogP contribution is -2.37. The van der Waals surface area contributed by atoms with Gasteiger partial charge in [-0.1, -0.05) is 11.6 Å². The van der Waals surface area contributed by atoms with Crippen LogP contribution in [0.3, 0.4) is 0 Å². The van der Waals surface area contributed by atoms with Gasteiger partial charge in [0, 0.05) is 11.9 Å². The zero-order chi connectivity index (χ0) is 19.0. The van der Waals surface area contributed by atoms with Crippen molar-refractivity contribution in [1.29, 1.82) is 0 Å². The predicted molar refractivity (Wildman–Crippen MR) is 89.9 cm³/mol. The molecule has 0 amide bonds. The first-order valence-corrected chi connectivity index (χ1v) is 9.10. The molecule has 0 aromatic heterocycles. The summed E-state index contributed by atoms with van der Waals surface area (Å²) in [6, 6.07) is 5.31. The van der Waals surface area contributed by atoms with Crippen molar-refractivity contribution in [1.82, 2.24) is 0 Å². The van der Waals surface area contributed by atoms with E-state index in [1.165, 1.54) is 31.2 Å². The molecule has 0 saturated heterocycles. The lowest BCUT2D eigenvalue weighted by molar-refractivity contribution is -0.167. The SMILES string of the molecule is CCOC(=O)C(OC(C)=NS(=O)(=O)c1ccc(Cl)cc1)C(=O)OCC. The number of carbonyl (C=O) groups is 2. The molecule has 0 atom stereocenters. The molecule has 0 aliphatic heterocycles. The van der Waals surface area contributed by atoms with E-state index in [0.717, 1.165) is 0 Å².